The lowest BCUT2D eigenvalue weighted by Gasteiger charge is -2.42. The van der Waals surface area contributed by atoms with Crippen LogP contribution in [0.2, 0.25) is 5.02 Å². The van der Waals surface area contributed by atoms with Gasteiger partial charge >= 0.3 is 6.18 Å². The maximum absolute atomic E-state index is 13.3. The van der Waals surface area contributed by atoms with Crippen LogP contribution in [0.15, 0.2) is 30.5 Å². The lowest BCUT2D eigenvalue weighted by molar-refractivity contribution is -0.259. The first-order valence-corrected chi connectivity index (χ1v) is 8.15. The molecule has 1 aromatic heterocycles. The third-order valence-corrected chi connectivity index (χ3v) is 4.92. The average molecular weight is 359 g/mol. The molecule has 0 spiro atoms. The summed E-state index contributed by atoms with van der Waals surface area (Å²) in [7, 11) is 0. The molecule has 0 atom stereocenters. The normalized spacial score (nSPS) is 16.7. The summed E-state index contributed by atoms with van der Waals surface area (Å²) in [5.41, 5.74) is -0.0523. The first-order chi connectivity index (χ1) is 11.3. The van der Waals surface area contributed by atoms with Gasteiger partial charge in [0.25, 0.3) is 0 Å². The van der Waals surface area contributed by atoms with Crippen molar-refractivity contribution in [2.45, 2.75) is 38.9 Å². The maximum Gasteiger partial charge on any atom is 0.397 e. The number of aryl methyl sites for hydroxylation is 1. The zero-order valence-corrected chi connectivity index (χ0v) is 14.0. The highest BCUT2D eigenvalue weighted by atomic mass is 35.5. The van der Waals surface area contributed by atoms with Gasteiger partial charge in [0.05, 0.1) is 12.0 Å². The number of benzene rings is 1. The summed E-state index contributed by atoms with van der Waals surface area (Å²) in [4.78, 5) is 0. The molecule has 1 aromatic carbocycles. The third kappa shape index (κ3) is 3.24. The van der Waals surface area contributed by atoms with Crippen molar-refractivity contribution in [1.82, 2.24) is 9.78 Å². The number of hydrogen-bond acceptors (Lipinski definition) is 2. The van der Waals surface area contributed by atoms with Gasteiger partial charge < -0.3 is 4.74 Å². The van der Waals surface area contributed by atoms with E-state index in [0.29, 0.717) is 29.3 Å². The van der Waals surface area contributed by atoms with E-state index in [1.807, 2.05) is 13.0 Å². The summed E-state index contributed by atoms with van der Waals surface area (Å²) >= 11 is 6.03. The largest absolute Gasteiger partial charge is 0.492 e. The first-order valence-electron chi connectivity index (χ1n) is 7.77. The first kappa shape index (κ1) is 17.1. The van der Waals surface area contributed by atoms with Crippen LogP contribution in [-0.2, 0) is 6.54 Å². The highest BCUT2D eigenvalue weighted by Crippen LogP contribution is 2.53. The Balaban J connectivity index is 1.79. The minimum Gasteiger partial charge on any atom is -0.492 e. The van der Waals surface area contributed by atoms with Gasteiger partial charge in [0, 0.05) is 22.5 Å². The van der Waals surface area contributed by atoms with Gasteiger partial charge in [-0.25, -0.2) is 0 Å². The van der Waals surface area contributed by atoms with Crippen LogP contribution in [0, 0.1) is 12.3 Å². The van der Waals surface area contributed by atoms with Crippen LogP contribution < -0.4 is 4.74 Å². The molecule has 0 N–H and O–H groups in total. The van der Waals surface area contributed by atoms with Crippen LogP contribution in [0.3, 0.4) is 0 Å². The number of alkyl halides is 3. The van der Waals surface area contributed by atoms with Crippen molar-refractivity contribution in [2.24, 2.45) is 5.41 Å². The van der Waals surface area contributed by atoms with E-state index in [0.717, 1.165) is 5.69 Å². The molecule has 2 aromatic rings. The number of ether oxygens (including phenoxy) is 1. The van der Waals surface area contributed by atoms with E-state index in [9.17, 15) is 13.2 Å². The van der Waals surface area contributed by atoms with Crippen LogP contribution >= 0.6 is 11.6 Å². The SMILES string of the molecule is Cc1ccnn1Cc1cc(Cl)ccc1OCC1(C(F)(F)F)CCC1. The average Bonchev–Trinajstić information content (AvgIpc) is 2.83. The number of halogens is 4. The number of rotatable bonds is 5. The monoisotopic (exact) mass is 358 g/mol. The Kier molecular flexibility index (Phi) is 4.51. The van der Waals surface area contributed by atoms with Crippen LogP contribution in [0.5, 0.6) is 5.75 Å². The molecular weight excluding hydrogens is 341 g/mol. The summed E-state index contributed by atoms with van der Waals surface area (Å²) in [6.45, 7) is 1.95. The minimum absolute atomic E-state index is 0.123. The Bertz CT molecular complexity index is 723. The molecule has 0 bridgehead atoms. The Morgan fingerprint density at radius 1 is 1.29 bits per heavy atom. The molecule has 130 valence electrons. The summed E-state index contributed by atoms with van der Waals surface area (Å²) in [6.07, 6.45) is -1.73. The molecule has 1 heterocycles. The fourth-order valence-corrected chi connectivity index (χ4v) is 3.06. The second kappa shape index (κ2) is 6.31. The van der Waals surface area contributed by atoms with Gasteiger partial charge in [-0.2, -0.15) is 18.3 Å². The molecule has 0 saturated heterocycles. The lowest BCUT2D eigenvalue weighted by Crippen LogP contribution is -2.48. The van der Waals surface area contributed by atoms with Crippen LogP contribution in [0.1, 0.15) is 30.5 Å². The van der Waals surface area contributed by atoms with Gasteiger partial charge in [-0.3, -0.25) is 4.68 Å². The van der Waals surface area contributed by atoms with E-state index in [1.165, 1.54) is 0 Å². The van der Waals surface area contributed by atoms with Crippen LogP contribution in [0.4, 0.5) is 13.2 Å². The van der Waals surface area contributed by atoms with Crippen LogP contribution in [0.25, 0.3) is 0 Å². The fraction of sp³-hybridized carbons (Fsp3) is 0.471. The smallest absolute Gasteiger partial charge is 0.397 e. The van der Waals surface area contributed by atoms with Gasteiger partial charge in [-0.15, -0.1) is 0 Å². The summed E-state index contributed by atoms with van der Waals surface area (Å²) in [5, 5.41) is 4.71. The molecule has 7 heteroatoms. The van der Waals surface area contributed by atoms with Gasteiger partial charge in [0.2, 0.25) is 0 Å². The Morgan fingerprint density at radius 3 is 2.58 bits per heavy atom. The van der Waals surface area contributed by atoms with Gasteiger partial charge in [-0.1, -0.05) is 18.0 Å². The summed E-state index contributed by atoms with van der Waals surface area (Å²) < 4.78 is 47.1. The zero-order chi connectivity index (χ0) is 17.4. The highest BCUT2D eigenvalue weighted by molar-refractivity contribution is 6.30. The zero-order valence-electron chi connectivity index (χ0n) is 13.2. The molecule has 1 saturated carbocycles. The number of aromatic nitrogens is 2. The summed E-state index contributed by atoms with van der Waals surface area (Å²) in [6, 6.07) is 6.81. The predicted molar refractivity (Wildman–Crippen MR) is 85.4 cm³/mol. The molecule has 1 aliphatic rings. The van der Waals surface area contributed by atoms with Crippen LogP contribution in [-0.4, -0.2) is 22.6 Å². The van der Waals surface area contributed by atoms with E-state index in [4.69, 9.17) is 16.3 Å². The van der Waals surface area contributed by atoms with Crippen molar-refractivity contribution in [3.63, 3.8) is 0 Å². The molecule has 0 unspecified atom stereocenters. The van der Waals surface area contributed by atoms with Crippen molar-refractivity contribution >= 4 is 11.6 Å². The van der Waals surface area contributed by atoms with Crippen molar-refractivity contribution in [1.29, 1.82) is 0 Å². The van der Waals surface area contributed by atoms with Crippen molar-refractivity contribution < 1.29 is 17.9 Å². The second-order valence-corrected chi connectivity index (χ2v) is 6.74. The molecule has 1 aliphatic carbocycles. The predicted octanol–water partition coefficient (Wildman–Crippen LogP) is 5.00. The second-order valence-electron chi connectivity index (χ2n) is 6.30. The molecule has 1 fully saturated rings. The molecule has 0 radical (unpaired) electrons. The fourth-order valence-electron chi connectivity index (χ4n) is 2.87. The minimum atomic E-state index is -4.24. The highest BCUT2D eigenvalue weighted by Gasteiger charge is 2.58. The topological polar surface area (TPSA) is 27.1 Å². The summed E-state index contributed by atoms with van der Waals surface area (Å²) in [5.74, 6) is 0.421. The Hall–Kier alpha value is -1.69. The molecule has 0 aliphatic heterocycles. The Morgan fingerprint density at radius 2 is 2.04 bits per heavy atom. The molecule has 24 heavy (non-hydrogen) atoms. The van der Waals surface area contributed by atoms with Crippen molar-refractivity contribution in [3.05, 3.63) is 46.7 Å². The lowest BCUT2D eigenvalue weighted by atomic mass is 9.69. The van der Waals surface area contributed by atoms with Crippen molar-refractivity contribution in [3.8, 4) is 5.75 Å². The van der Waals surface area contributed by atoms with Gasteiger partial charge in [-0.05, 0) is 44.0 Å². The van der Waals surface area contributed by atoms with E-state index in [1.54, 1.807) is 29.1 Å². The molecular formula is C17H18ClF3N2O. The standard InChI is InChI=1S/C17H18ClF3N2O/c1-12-5-8-22-23(12)10-13-9-14(18)3-4-15(13)24-11-16(6-2-7-16)17(19,20)21/h3-5,8-9H,2,6-7,10-11H2,1H3. The van der Waals surface area contributed by atoms with E-state index >= 15 is 0 Å². The van der Waals surface area contributed by atoms with E-state index in [-0.39, 0.29) is 19.4 Å². The van der Waals surface area contributed by atoms with Crippen molar-refractivity contribution in [2.75, 3.05) is 6.61 Å². The number of hydrogen-bond donors (Lipinski definition) is 0. The molecule has 3 rings (SSSR count). The van der Waals surface area contributed by atoms with E-state index in [2.05, 4.69) is 5.10 Å². The molecule has 0 amide bonds. The third-order valence-electron chi connectivity index (χ3n) is 4.69. The van der Waals surface area contributed by atoms with Gasteiger partial charge in [0.1, 0.15) is 12.4 Å². The quantitative estimate of drug-likeness (QED) is 0.751. The van der Waals surface area contributed by atoms with Gasteiger partial charge in [0.15, 0.2) is 0 Å². The van der Waals surface area contributed by atoms with E-state index < -0.39 is 11.6 Å². The Labute approximate surface area is 143 Å². The maximum atomic E-state index is 13.3. The number of nitrogens with zero attached hydrogens (tertiary/aromatic N) is 2. The molecule has 3 nitrogen and oxygen atoms in total.